The van der Waals surface area contributed by atoms with Crippen LogP contribution in [-0.2, 0) is 0 Å². The van der Waals surface area contributed by atoms with Crippen molar-refractivity contribution in [2.45, 2.75) is 38.7 Å². The Morgan fingerprint density at radius 2 is 2.00 bits per heavy atom. The summed E-state index contributed by atoms with van der Waals surface area (Å²) < 4.78 is 0. The molecule has 1 N–H and O–H groups in total. The van der Waals surface area contributed by atoms with E-state index in [1.807, 2.05) is 18.2 Å². The van der Waals surface area contributed by atoms with E-state index >= 15 is 0 Å². The Bertz CT molecular complexity index is 458. The molecule has 3 heteroatoms. The van der Waals surface area contributed by atoms with Crippen molar-refractivity contribution in [3.8, 4) is 6.07 Å². The second-order valence-corrected chi connectivity index (χ2v) is 5.78. The molecule has 1 aromatic carbocycles. The number of halogens is 1. The van der Waals surface area contributed by atoms with Crippen molar-refractivity contribution in [3.05, 3.63) is 34.9 Å². The Morgan fingerprint density at radius 3 is 2.56 bits per heavy atom. The van der Waals surface area contributed by atoms with Crippen LogP contribution in [0.1, 0.15) is 44.3 Å². The quantitative estimate of drug-likeness (QED) is 0.873. The van der Waals surface area contributed by atoms with Crippen molar-refractivity contribution in [2.75, 3.05) is 0 Å². The van der Waals surface area contributed by atoms with Crippen LogP contribution in [0.15, 0.2) is 24.3 Å². The van der Waals surface area contributed by atoms with Gasteiger partial charge in [0.2, 0.25) is 0 Å². The van der Waals surface area contributed by atoms with E-state index in [0.29, 0.717) is 16.5 Å². The number of rotatable bonds is 2. The fraction of sp³-hybridized carbons (Fsp3) is 0.533. The molecule has 0 aliphatic heterocycles. The molecular weight excluding hydrogens is 246 g/mol. The van der Waals surface area contributed by atoms with E-state index in [0.717, 1.165) is 25.7 Å². The number of benzene rings is 1. The van der Waals surface area contributed by atoms with Gasteiger partial charge in [0.15, 0.2) is 0 Å². The van der Waals surface area contributed by atoms with Crippen LogP contribution in [-0.4, -0.2) is 5.11 Å². The predicted molar refractivity (Wildman–Crippen MR) is 72.1 cm³/mol. The highest BCUT2D eigenvalue weighted by Gasteiger charge is 2.42. The van der Waals surface area contributed by atoms with Crippen LogP contribution < -0.4 is 0 Å². The number of nitrogens with zero attached hydrogens (tertiary/aromatic N) is 1. The number of hydrogen-bond donors (Lipinski definition) is 1. The third kappa shape index (κ3) is 2.39. The van der Waals surface area contributed by atoms with Gasteiger partial charge in [-0.05, 0) is 37.7 Å². The first kappa shape index (κ1) is 13.4. The molecule has 1 aromatic rings. The van der Waals surface area contributed by atoms with Crippen LogP contribution in [0.4, 0.5) is 0 Å². The van der Waals surface area contributed by atoms with Gasteiger partial charge in [-0.2, -0.15) is 5.26 Å². The molecular formula is C15H18ClNO. The lowest BCUT2D eigenvalue weighted by Gasteiger charge is -2.37. The van der Waals surface area contributed by atoms with Crippen molar-refractivity contribution in [1.29, 1.82) is 5.26 Å². The Kier molecular flexibility index (Phi) is 3.94. The highest BCUT2D eigenvalue weighted by molar-refractivity contribution is 6.31. The van der Waals surface area contributed by atoms with Gasteiger partial charge in [-0.1, -0.05) is 36.7 Å². The van der Waals surface area contributed by atoms with Crippen LogP contribution >= 0.6 is 11.6 Å². The maximum atomic E-state index is 10.6. The molecule has 1 fully saturated rings. The largest absolute Gasteiger partial charge is 0.387 e. The number of aliphatic hydroxyl groups excluding tert-OH is 1. The molecule has 0 heterocycles. The zero-order chi connectivity index (χ0) is 13.2. The molecule has 0 saturated heterocycles. The van der Waals surface area contributed by atoms with Crippen molar-refractivity contribution in [2.24, 2.45) is 11.3 Å². The first-order valence-corrected chi connectivity index (χ1v) is 6.80. The molecule has 0 aromatic heterocycles. The summed E-state index contributed by atoms with van der Waals surface area (Å²) in [5, 5.41) is 20.6. The molecule has 0 amide bonds. The number of nitriles is 1. The SMILES string of the molecule is CC1CCC(C#N)(C(O)c2ccccc2Cl)CC1. The maximum Gasteiger partial charge on any atom is 0.0990 e. The van der Waals surface area contributed by atoms with Crippen molar-refractivity contribution >= 4 is 11.6 Å². The molecule has 2 nitrogen and oxygen atoms in total. The minimum atomic E-state index is -0.788. The van der Waals surface area contributed by atoms with E-state index < -0.39 is 11.5 Å². The molecule has 96 valence electrons. The lowest BCUT2D eigenvalue weighted by atomic mass is 9.67. The average Bonchev–Trinajstić information content (AvgIpc) is 2.40. The van der Waals surface area contributed by atoms with Gasteiger partial charge < -0.3 is 5.11 Å². The zero-order valence-electron chi connectivity index (χ0n) is 10.6. The molecule has 2 rings (SSSR count). The van der Waals surface area contributed by atoms with E-state index in [9.17, 15) is 10.4 Å². The predicted octanol–water partition coefficient (Wildman–Crippen LogP) is 4.09. The van der Waals surface area contributed by atoms with Crippen LogP contribution in [0, 0.1) is 22.7 Å². The number of aliphatic hydroxyl groups is 1. The van der Waals surface area contributed by atoms with Gasteiger partial charge in [0.05, 0.1) is 17.6 Å². The van der Waals surface area contributed by atoms with Crippen molar-refractivity contribution < 1.29 is 5.11 Å². The Morgan fingerprint density at radius 1 is 1.39 bits per heavy atom. The summed E-state index contributed by atoms with van der Waals surface area (Å²) in [4.78, 5) is 0. The standard InChI is InChI=1S/C15H18ClNO/c1-11-6-8-15(10-17,9-7-11)14(18)12-4-2-3-5-13(12)16/h2-5,11,14,18H,6-9H2,1H3. The normalized spacial score (nSPS) is 29.6. The fourth-order valence-corrected chi connectivity index (χ4v) is 2.96. The van der Waals surface area contributed by atoms with Crippen molar-refractivity contribution in [1.82, 2.24) is 0 Å². The zero-order valence-corrected chi connectivity index (χ0v) is 11.3. The first-order valence-electron chi connectivity index (χ1n) is 6.43. The van der Waals surface area contributed by atoms with Crippen LogP contribution in [0.2, 0.25) is 5.02 Å². The summed E-state index contributed by atoms with van der Waals surface area (Å²) >= 11 is 6.12. The summed E-state index contributed by atoms with van der Waals surface area (Å²) in [6, 6.07) is 9.61. The van der Waals surface area contributed by atoms with Gasteiger partial charge in [-0.25, -0.2) is 0 Å². The van der Waals surface area contributed by atoms with E-state index in [1.165, 1.54) is 0 Å². The fourth-order valence-electron chi connectivity index (χ4n) is 2.72. The molecule has 1 saturated carbocycles. The van der Waals surface area contributed by atoms with Gasteiger partial charge in [0.25, 0.3) is 0 Å². The summed E-state index contributed by atoms with van der Waals surface area (Å²) in [5.74, 6) is 0.643. The summed E-state index contributed by atoms with van der Waals surface area (Å²) in [7, 11) is 0. The molecule has 1 aliphatic carbocycles. The second-order valence-electron chi connectivity index (χ2n) is 5.37. The van der Waals surface area contributed by atoms with Gasteiger partial charge in [0.1, 0.15) is 0 Å². The van der Waals surface area contributed by atoms with Gasteiger partial charge >= 0.3 is 0 Å². The molecule has 1 aliphatic rings. The van der Waals surface area contributed by atoms with Crippen LogP contribution in [0.5, 0.6) is 0 Å². The van der Waals surface area contributed by atoms with E-state index in [2.05, 4.69) is 13.0 Å². The molecule has 0 radical (unpaired) electrons. The summed E-state index contributed by atoms with van der Waals surface area (Å²) in [6.45, 7) is 2.20. The van der Waals surface area contributed by atoms with E-state index in [-0.39, 0.29) is 0 Å². The first-order chi connectivity index (χ1) is 8.59. The Balaban J connectivity index is 2.29. The highest BCUT2D eigenvalue weighted by Crippen LogP contribution is 2.48. The maximum absolute atomic E-state index is 10.6. The molecule has 0 spiro atoms. The smallest absolute Gasteiger partial charge is 0.0990 e. The average molecular weight is 264 g/mol. The molecule has 1 unspecified atom stereocenters. The summed E-state index contributed by atoms with van der Waals surface area (Å²) in [5.41, 5.74) is 0.00703. The minimum Gasteiger partial charge on any atom is -0.387 e. The molecule has 18 heavy (non-hydrogen) atoms. The second kappa shape index (κ2) is 5.30. The van der Waals surface area contributed by atoms with Gasteiger partial charge in [-0.3, -0.25) is 0 Å². The lowest BCUT2D eigenvalue weighted by molar-refractivity contribution is 0.0267. The Hall–Kier alpha value is -1.04. The summed E-state index contributed by atoms with van der Waals surface area (Å²) in [6.07, 6.45) is 2.70. The van der Waals surface area contributed by atoms with Crippen LogP contribution in [0.25, 0.3) is 0 Å². The van der Waals surface area contributed by atoms with Crippen LogP contribution in [0.3, 0.4) is 0 Å². The highest BCUT2D eigenvalue weighted by atomic mass is 35.5. The van der Waals surface area contributed by atoms with Crippen molar-refractivity contribution in [3.63, 3.8) is 0 Å². The van der Waals surface area contributed by atoms with E-state index in [1.54, 1.807) is 6.07 Å². The monoisotopic (exact) mass is 263 g/mol. The van der Waals surface area contributed by atoms with Gasteiger partial charge in [-0.15, -0.1) is 0 Å². The minimum absolute atomic E-state index is 0.540. The van der Waals surface area contributed by atoms with E-state index in [4.69, 9.17) is 11.6 Å². The lowest BCUT2D eigenvalue weighted by Crippen LogP contribution is -2.32. The van der Waals surface area contributed by atoms with Gasteiger partial charge in [0, 0.05) is 10.6 Å². The topological polar surface area (TPSA) is 44.0 Å². The third-order valence-electron chi connectivity index (χ3n) is 4.11. The molecule has 1 atom stereocenters. The number of hydrogen-bond acceptors (Lipinski definition) is 2. The molecule has 0 bridgehead atoms. The Labute approximate surface area is 113 Å². The third-order valence-corrected chi connectivity index (χ3v) is 4.46.